The molecule has 0 saturated carbocycles. The number of nitrogens with zero attached hydrogens (tertiary/aromatic N) is 1. The molecule has 0 unspecified atom stereocenters. The molecule has 0 aliphatic carbocycles. The van der Waals surface area contributed by atoms with Crippen molar-refractivity contribution in [2.75, 3.05) is 0 Å². The Kier molecular flexibility index (Phi) is 8.29. The highest BCUT2D eigenvalue weighted by Gasteiger charge is 2.18. The molecule has 2 N–H and O–H groups in total. The number of aliphatic imine (C=N–C) groups is 1. The number of rotatable bonds is 8. The molecule has 5 heteroatoms. The normalized spacial score (nSPS) is 13.4. The monoisotopic (exact) mass is 390 g/mol. The van der Waals surface area contributed by atoms with Gasteiger partial charge in [-0.25, -0.2) is 8.78 Å². The van der Waals surface area contributed by atoms with E-state index in [0.717, 1.165) is 24.0 Å². The van der Waals surface area contributed by atoms with Gasteiger partial charge in [0.25, 0.3) is 0 Å². The van der Waals surface area contributed by atoms with Crippen LogP contribution in [-0.2, 0) is 0 Å². The SMILES string of the molecule is CC(C)CCC[C@@H](C)N=C(N)SC(c1ccc(F)cc1)c1ccc(F)cc1. The number of hydrogen-bond donors (Lipinski definition) is 1. The van der Waals surface area contributed by atoms with Gasteiger partial charge in [0.15, 0.2) is 5.17 Å². The summed E-state index contributed by atoms with van der Waals surface area (Å²) in [5.41, 5.74) is 8.01. The Morgan fingerprint density at radius 2 is 1.37 bits per heavy atom. The largest absolute Gasteiger partial charge is 0.379 e. The highest BCUT2D eigenvalue weighted by Crippen LogP contribution is 2.36. The summed E-state index contributed by atoms with van der Waals surface area (Å²) >= 11 is 1.41. The molecule has 27 heavy (non-hydrogen) atoms. The third-order valence-corrected chi connectivity index (χ3v) is 5.46. The maximum Gasteiger partial charge on any atom is 0.155 e. The molecule has 0 radical (unpaired) electrons. The highest BCUT2D eigenvalue weighted by molar-refractivity contribution is 8.14. The molecule has 0 spiro atoms. The van der Waals surface area contributed by atoms with Gasteiger partial charge in [0.05, 0.1) is 5.25 Å². The summed E-state index contributed by atoms with van der Waals surface area (Å²) in [6.07, 6.45) is 3.30. The van der Waals surface area contributed by atoms with E-state index in [4.69, 9.17) is 5.73 Å². The van der Waals surface area contributed by atoms with Crippen molar-refractivity contribution in [2.45, 2.75) is 51.3 Å². The van der Waals surface area contributed by atoms with Crippen molar-refractivity contribution in [1.82, 2.24) is 0 Å². The molecular weight excluding hydrogens is 362 g/mol. The summed E-state index contributed by atoms with van der Waals surface area (Å²) in [7, 11) is 0. The van der Waals surface area contributed by atoms with E-state index >= 15 is 0 Å². The van der Waals surface area contributed by atoms with E-state index in [1.165, 1.54) is 42.4 Å². The maximum absolute atomic E-state index is 13.3. The van der Waals surface area contributed by atoms with Gasteiger partial charge in [-0.3, -0.25) is 4.99 Å². The molecule has 0 aliphatic heterocycles. The second-order valence-electron chi connectivity index (χ2n) is 7.24. The average molecular weight is 391 g/mol. The van der Waals surface area contributed by atoms with Gasteiger partial charge in [-0.2, -0.15) is 0 Å². The molecule has 2 aromatic carbocycles. The molecule has 2 rings (SSSR count). The van der Waals surface area contributed by atoms with Gasteiger partial charge in [0.2, 0.25) is 0 Å². The number of hydrogen-bond acceptors (Lipinski definition) is 2. The number of thioether (sulfide) groups is 1. The van der Waals surface area contributed by atoms with Crippen LogP contribution in [0.25, 0.3) is 0 Å². The van der Waals surface area contributed by atoms with Gasteiger partial charge in [0.1, 0.15) is 11.6 Å². The lowest BCUT2D eigenvalue weighted by Crippen LogP contribution is -2.14. The van der Waals surface area contributed by atoms with Crippen LogP contribution in [0.1, 0.15) is 56.4 Å². The molecule has 0 heterocycles. The number of benzene rings is 2. The smallest absolute Gasteiger partial charge is 0.155 e. The molecule has 0 bridgehead atoms. The van der Waals surface area contributed by atoms with E-state index < -0.39 is 0 Å². The first kappa shape index (κ1) is 21.4. The van der Waals surface area contributed by atoms with Crippen LogP contribution in [0.5, 0.6) is 0 Å². The zero-order chi connectivity index (χ0) is 19.8. The van der Waals surface area contributed by atoms with Gasteiger partial charge in [-0.1, -0.05) is 62.7 Å². The number of amidine groups is 1. The first-order valence-electron chi connectivity index (χ1n) is 9.36. The van der Waals surface area contributed by atoms with E-state index in [9.17, 15) is 8.78 Å². The van der Waals surface area contributed by atoms with Crippen LogP contribution < -0.4 is 5.73 Å². The molecule has 0 fully saturated rings. The van der Waals surface area contributed by atoms with Crippen LogP contribution in [-0.4, -0.2) is 11.2 Å². The fourth-order valence-electron chi connectivity index (χ4n) is 2.86. The lowest BCUT2D eigenvalue weighted by atomic mass is 10.0. The van der Waals surface area contributed by atoms with Crippen molar-refractivity contribution < 1.29 is 8.78 Å². The number of halogens is 2. The van der Waals surface area contributed by atoms with Crippen LogP contribution in [0.15, 0.2) is 53.5 Å². The van der Waals surface area contributed by atoms with Gasteiger partial charge >= 0.3 is 0 Å². The van der Waals surface area contributed by atoms with Crippen LogP contribution in [0.2, 0.25) is 0 Å². The van der Waals surface area contributed by atoms with Crippen molar-refractivity contribution >= 4 is 16.9 Å². The summed E-state index contributed by atoms with van der Waals surface area (Å²) in [5.74, 6) is 0.110. The van der Waals surface area contributed by atoms with E-state index in [1.54, 1.807) is 24.3 Å². The van der Waals surface area contributed by atoms with Crippen LogP contribution in [0, 0.1) is 17.6 Å². The van der Waals surface area contributed by atoms with E-state index in [1.807, 2.05) is 0 Å². The summed E-state index contributed by atoms with van der Waals surface area (Å²) in [5, 5.41) is 0.323. The molecule has 0 aliphatic rings. The minimum atomic E-state index is -0.290. The van der Waals surface area contributed by atoms with Gasteiger partial charge in [-0.05, 0) is 54.7 Å². The Bertz CT molecular complexity index is 681. The number of nitrogens with two attached hydrogens (primary N) is 1. The Morgan fingerprint density at radius 1 is 0.889 bits per heavy atom. The molecule has 0 aromatic heterocycles. The van der Waals surface area contributed by atoms with E-state index in [-0.39, 0.29) is 22.9 Å². The summed E-state index contributed by atoms with van der Waals surface area (Å²) < 4.78 is 26.6. The Morgan fingerprint density at radius 3 is 1.81 bits per heavy atom. The molecule has 2 nitrogen and oxygen atoms in total. The van der Waals surface area contributed by atoms with Crippen molar-refractivity contribution in [3.05, 3.63) is 71.3 Å². The summed E-state index contributed by atoms with van der Waals surface area (Å²) in [6.45, 7) is 6.50. The predicted octanol–water partition coefficient (Wildman–Crippen LogP) is 6.32. The minimum Gasteiger partial charge on any atom is -0.379 e. The van der Waals surface area contributed by atoms with Crippen molar-refractivity contribution in [1.29, 1.82) is 0 Å². The fraction of sp³-hybridized carbons (Fsp3) is 0.409. The quantitative estimate of drug-likeness (QED) is 0.423. The average Bonchev–Trinajstić information content (AvgIpc) is 2.61. The Balaban J connectivity index is 2.14. The Hall–Kier alpha value is -1.88. The van der Waals surface area contributed by atoms with E-state index in [0.29, 0.717) is 11.1 Å². The second-order valence-corrected chi connectivity index (χ2v) is 8.37. The van der Waals surface area contributed by atoms with Crippen molar-refractivity contribution in [2.24, 2.45) is 16.6 Å². The topological polar surface area (TPSA) is 38.4 Å². The van der Waals surface area contributed by atoms with Crippen molar-refractivity contribution in [3.8, 4) is 0 Å². The first-order valence-corrected chi connectivity index (χ1v) is 10.2. The fourth-order valence-corrected chi connectivity index (χ4v) is 3.93. The molecular formula is C22H28F2N2S. The van der Waals surface area contributed by atoms with Crippen LogP contribution >= 0.6 is 11.8 Å². The van der Waals surface area contributed by atoms with Crippen LogP contribution in [0.4, 0.5) is 8.78 Å². The van der Waals surface area contributed by atoms with Crippen molar-refractivity contribution in [3.63, 3.8) is 0 Å². The second kappa shape index (κ2) is 10.5. The van der Waals surface area contributed by atoms with Gasteiger partial charge in [-0.15, -0.1) is 0 Å². The molecule has 1 atom stereocenters. The van der Waals surface area contributed by atoms with E-state index in [2.05, 4.69) is 25.8 Å². The maximum atomic E-state index is 13.3. The third-order valence-electron chi connectivity index (χ3n) is 4.34. The summed E-state index contributed by atoms with van der Waals surface area (Å²) in [6, 6.07) is 12.8. The Labute approximate surface area is 165 Å². The lowest BCUT2D eigenvalue weighted by Gasteiger charge is -2.18. The zero-order valence-electron chi connectivity index (χ0n) is 16.2. The van der Waals surface area contributed by atoms with Gasteiger partial charge < -0.3 is 5.73 Å². The molecule has 146 valence electrons. The summed E-state index contributed by atoms with van der Waals surface area (Å²) in [4.78, 5) is 4.61. The lowest BCUT2D eigenvalue weighted by molar-refractivity contribution is 0.512. The minimum absolute atomic E-state index is 0.151. The standard InChI is InChI=1S/C22H28F2N2S/c1-15(2)5-4-6-16(3)26-22(25)27-21(17-7-11-19(23)12-8-17)18-9-13-20(24)14-10-18/h7-16,21H,4-6H2,1-3H3,(H2,25,26)/t16-/m1/s1. The molecule has 2 aromatic rings. The predicted molar refractivity (Wildman–Crippen MR) is 112 cm³/mol. The zero-order valence-corrected chi connectivity index (χ0v) is 17.0. The first-order chi connectivity index (χ1) is 12.8. The molecule has 0 amide bonds. The highest BCUT2D eigenvalue weighted by atomic mass is 32.2. The van der Waals surface area contributed by atoms with Gasteiger partial charge in [0, 0.05) is 6.04 Å². The van der Waals surface area contributed by atoms with Crippen LogP contribution in [0.3, 0.4) is 0 Å². The third kappa shape index (κ3) is 7.33. The molecule has 0 saturated heterocycles.